The molecule has 0 unspecified atom stereocenters. The van der Waals surface area contributed by atoms with E-state index in [1.54, 1.807) is 0 Å². The van der Waals surface area contributed by atoms with E-state index in [0.29, 0.717) is 24.2 Å². The zero-order valence-electron chi connectivity index (χ0n) is 15.7. The molecule has 7 nitrogen and oxygen atoms in total. The molecule has 3 aromatic rings. The van der Waals surface area contributed by atoms with Crippen LogP contribution in [0.5, 0.6) is 17.2 Å². The number of hydrogen-bond acceptors (Lipinski definition) is 5. The van der Waals surface area contributed by atoms with Crippen LogP contribution in [-0.2, 0) is 13.0 Å². The summed E-state index contributed by atoms with van der Waals surface area (Å²) in [6, 6.07) is 7.32. The number of alkyl halides is 3. The Morgan fingerprint density at radius 2 is 1.97 bits per heavy atom. The van der Waals surface area contributed by atoms with Crippen molar-refractivity contribution >= 4 is 17.5 Å². The van der Waals surface area contributed by atoms with Crippen LogP contribution in [0.25, 0.3) is 11.3 Å². The maximum atomic E-state index is 12.9. The van der Waals surface area contributed by atoms with E-state index in [9.17, 15) is 28.2 Å². The fraction of sp³-hybridized carbons (Fsp3) is 0.200. The zero-order valence-corrected chi connectivity index (χ0v) is 16.5. The van der Waals surface area contributed by atoms with Crippen LogP contribution in [0.15, 0.2) is 36.4 Å². The lowest BCUT2D eigenvalue weighted by Gasteiger charge is -2.27. The molecule has 1 aromatic heterocycles. The monoisotopic (exact) mass is 453 g/mol. The molecule has 4 rings (SSSR count). The quantitative estimate of drug-likeness (QED) is 0.551. The number of phenolic OH excluding ortho intramolecular Hbond substituents is 2. The van der Waals surface area contributed by atoms with Crippen LogP contribution >= 0.6 is 11.6 Å². The second kappa shape index (κ2) is 7.69. The van der Waals surface area contributed by atoms with Crippen molar-refractivity contribution in [2.45, 2.75) is 19.3 Å². The molecule has 162 valence electrons. The second-order valence-corrected chi connectivity index (χ2v) is 7.31. The van der Waals surface area contributed by atoms with Crippen molar-refractivity contribution in [3.8, 4) is 28.5 Å². The number of phenols is 2. The van der Waals surface area contributed by atoms with Gasteiger partial charge < -0.3 is 19.8 Å². The Morgan fingerprint density at radius 3 is 2.71 bits per heavy atom. The molecule has 0 fully saturated rings. The van der Waals surface area contributed by atoms with Gasteiger partial charge in [-0.3, -0.25) is 9.89 Å². The molecular formula is C20H15ClF3N3O4. The lowest BCUT2D eigenvalue weighted by atomic mass is 9.99. The highest BCUT2D eigenvalue weighted by molar-refractivity contribution is 6.32. The smallest absolute Gasteiger partial charge is 0.507 e. The predicted molar refractivity (Wildman–Crippen MR) is 104 cm³/mol. The van der Waals surface area contributed by atoms with E-state index < -0.39 is 18.0 Å². The molecule has 31 heavy (non-hydrogen) atoms. The number of ether oxygens (including phenoxy) is 1. The summed E-state index contributed by atoms with van der Waals surface area (Å²) in [7, 11) is 0. The van der Waals surface area contributed by atoms with Crippen molar-refractivity contribution in [2.24, 2.45) is 0 Å². The number of benzene rings is 2. The summed E-state index contributed by atoms with van der Waals surface area (Å²) in [6.07, 6.45) is -4.43. The van der Waals surface area contributed by atoms with Crippen molar-refractivity contribution in [3.05, 3.63) is 58.2 Å². The van der Waals surface area contributed by atoms with Gasteiger partial charge in [-0.05, 0) is 24.3 Å². The highest BCUT2D eigenvalue weighted by Crippen LogP contribution is 2.39. The Hall–Kier alpha value is -3.40. The molecule has 2 heterocycles. The standard InChI is InChI=1S/C20H15ClF3N3O4/c21-14-7-12(16(28)8-17(14)29)18-13-9-27(5-4-15(13)25-26-18)19(30)10-2-1-3-11(6-10)31-20(22,23)24/h1-3,6-8,28-29H,4-5,9H2,(H,25,26). The molecule has 1 aliphatic heterocycles. The van der Waals surface area contributed by atoms with Gasteiger partial charge >= 0.3 is 6.36 Å². The minimum atomic E-state index is -4.86. The third-order valence-corrected chi connectivity index (χ3v) is 5.16. The van der Waals surface area contributed by atoms with Crippen molar-refractivity contribution < 1.29 is 32.9 Å². The van der Waals surface area contributed by atoms with E-state index in [2.05, 4.69) is 14.9 Å². The number of hydrogen-bond donors (Lipinski definition) is 3. The number of aromatic hydroxyl groups is 2. The first-order valence-corrected chi connectivity index (χ1v) is 9.43. The number of halogens is 4. The normalized spacial score (nSPS) is 13.7. The fourth-order valence-corrected chi connectivity index (χ4v) is 3.60. The first-order chi connectivity index (χ1) is 14.6. The number of aromatic amines is 1. The Morgan fingerprint density at radius 1 is 1.19 bits per heavy atom. The van der Waals surface area contributed by atoms with Gasteiger partial charge in [-0.25, -0.2) is 0 Å². The number of aromatic nitrogens is 2. The van der Waals surface area contributed by atoms with Gasteiger partial charge in [-0.2, -0.15) is 5.10 Å². The van der Waals surface area contributed by atoms with Gasteiger partial charge in [0.1, 0.15) is 22.9 Å². The van der Waals surface area contributed by atoms with Gasteiger partial charge in [0.15, 0.2) is 0 Å². The highest BCUT2D eigenvalue weighted by atomic mass is 35.5. The third kappa shape index (κ3) is 4.24. The van der Waals surface area contributed by atoms with Gasteiger partial charge in [-0.15, -0.1) is 13.2 Å². The molecule has 1 amide bonds. The third-order valence-electron chi connectivity index (χ3n) is 4.86. The topological polar surface area (TPSA) is 98.7 Å². The molecular weight excluding hydrogens is 439 g/mol. The molecule has 0 aliphatic carbocycles. The van der Waals surface area contributed by atoms with Crippen LogP contribution in [0, 0.1) is 0 Å². The summed E-state index contributed by atoms with van der Waals surface area (Å²) in [5, 5.41) is 27.0. The van der Waals surface area contributed by atoms with Gasteiger partial charge in [0.25, 0.3) is 5.91 Å². The Balaban J connectivity index is 1.61. The van der Waals surface area contributed by atoms with Gasteiger partial charge in [0.2, 0.25) is 0 Å². The summed E-state index contributed by atoms with van der Waals surface area (Å²) in [6.45, 7) is 0.433. The van der Waals surface area contributed by atoms with Crippen molar-refractivity contribution in [1.29, 1.82) is 0 Å². The van der Waals surface area contributed by atoms with Crippen LogP contribution in [0.4, 0.5) is 13.2 Å². The first kappa shape index (κ1) is 20.9. The fourth-order valence-electron chi connectivity index (χ4n) is 3.44. The average Bonchev–Trinajstić information content (AvgIpc) is 3.12. The number of carbonyl (C=O) groups excluding carboxylic acids is 1. The number of amides is 1. The van der Waals surface area contributed by atoms with Crippen molar-refractivity contribution in [2.75, 3.05) is 6.54 Å². The molecule has 2 aromatic carbocycles. The van der Waals surface area contributed by atoms with Crippen molar-refractivity contribution in [1.82, 2.24) is 15.1 Å². The number of fused-ring (bicyclic) bond motifs is 1. The number of nitrogens with one attached hydrogen (secondary N) is 1. The molecule has 0 spiro atoms. The van der Waals surface area contributed by atoms with Gasteiger partial charge in [0.05, 0.1) is 5.02 Å². The zero-order chi connectivity index (χ0) is 22.3. The van der Waals surface area contributed by atoms with Crippen LogP contribution in [0.1, 0.15) is 21.6 Å². The lowest BCUT2D eigenvalue weighted by Crippen LogP contribution is -2.36. The molecule has 0 bridgehead atoms. The minimum absolute atomic E-state index is 0.0229. The SMILES string of the molecule is O=C(c1cccc(OC(F)(F)F)c1)N1CCc2[nH]nc(-c3cc(Cl)c(O)cc3O)c2C1. The Bertz CT molecular complexity index is 1160. The molecule has 0 radical (unpaired) electrons. The van der Waals surface area contributed by atoms with Crippen molar-refractivity contribution in [3.63, 3.8) is 0 Å². The average molecular weight is 454 g/mol. The van der Waals surface area contributed by atoms with Gasteiger partial charge in [-0.1, -0.05) is 17.7 Å². The maximum absolute atomic E-state index is 12.9. The van der Waals surface area contributed by atoms with E-state index in [1.165, 1.54) is 23.1 Å². The van der Waals surface area contributed by atoms with Crippen LogP contribution in [-0.4, -0.2) is 44.1 Å². The Labute approximate surface area is 178 Å². The highest BCUT2D eigenvalue weighted by Gasteiger charge is 2.32. The van der Waals surface area contributed by atoms with E-state index in [0.717, 1.165) is 23.9 Å². The summed E-state index contributed by atoms with van der Waals surface area (Å²) in [5.41, 5.74) is 2.08. The number of H-pyrrole nitrogens is 1. The number of nitrogens with zero attached hydrogens (tertiary/aromatic N) is 2. The predicted octanol–water partition coefficient (Wildman–Crippen LogP) is 4.24. The van der Waals surface area contributed by atoms with Crippen LogP contribution in [0.3, 0.4) is 0 Å². The van der Waals surface area contributed by atoms with Crippen LogP contribution < -0.4 is 4.74 Å². The second-order valence-electron chi connectivity index (χ2n) is 6.90. The molecule has 1 aliphatic rings. The summed E-state index contributed by atoms with van der Waals surface area (Å²) in [4.78, 5) is 14.4. The van der Waals surface area contributed by atoms with Gasteiger partial charge in [0, 0.05) is 48.0 Å². The van der Waals surface area contributed by atoms with E-state index >= 15 is 0 Å². The van der Waals surface area contributed by atoms with E-state index in [4.69, 9.17) is 11.6 Å². The lowest BCUT2D eigenvalue weighted by molar-refractivity contribution is -0.274. The molecule has 3 N–H and O–H groups in total. The van der Waals surface area contributed by atoms with Crippen LogP contribution in [0.2, 0.25) is 5.02 Å². The summed E-state index contributed by atoms with van der Waals surface area (Å²) in [5.74, 6) is -1.48. The van der Waals surface area contributed by atoms with E-state index in [1.807, 2.05) is 0 Å². The molecule has 0 atom stereocenters. The largest absolute Gasteiger partial charge is 0.573 e. The maximum Gasteiger partial charge on any atom is 0.573 e. The summed E-state index contributed by atoms with van der Waals surface area (Å²) >= 11 is 5.95. The minimum Gasteiger partial charge on any atom is -0.507 e. The van der Waals surface area contributed by atoms with E-state index in [-0.39, 0.29) is 34.2 Å². The Kier molecular flexibility index (Phi) is 5.18. The number of carbonyl (C=O) groups is 1. The first-order valence-electron chi connectivity index (χ1n) is 9.05. The number of rotatable bonds is 3. The summed E-state index contributed by atoms with van der Waals surface area (Å²) < 4.78 is 41.3. The molecule has 0 saturated heterocycles. The molecule has 11 heteroatoms. The molecule has 0 saturated carbocycles.